The summed E-state index contributed by atoms with van der Waals surface area (Å²) in [6.45, 7) is 1.13. The fourth-order valence-corrected chi connectivity index (χ4v) is 1.48. The van der Waals surface area contributed by atoms with Crippen molar-refractivity contribution in [2.24, 2.45) is 0 Å². The Morgan fingerprint density at radius 3 is 2.72 bits per heavy atom. The molecule has 0 fully saturated rings. The minimum atomic E-state index is -0.195. The van der Waals surface area contributed by atoms with Crippen LogP contribution in [0.15, 0.2) is 53.1 Å². The van der Waals surface area contributed by atoms with Gasteiger partial charge < -0.3 is 14.5 Å². The predicted octanol–water partition coefficient (Wildman–Crippen LogP) is 2.48. The van der Waals surface area contributed by atoms with Gasteiger partial charge in [-0.25, -0.2) is 0 Å². The van der Waals surface area contributed by atoms with Gasteiger partial charge in [-0.2, -0.15) is 0 Å². The molecule has 1 amide bonds. The first kappa shape index (κ1) is 12.2. The van der Waals surface area contributed by atoms with Crippen molar-refractivity contribution in [3.63, 3.8) is 0 Å². The summed E-state index contributed by atoms with van der Waals surface area (Å²) >= 11 is 0. The second-order valence-electron chi connectivity index (χ2n) is 3.75. The van der Waals surface area contributed by atoms with Crippen molar-refractivity contribution in [2.75, 3.05) is 13.2 Å². The second-order valence-corrected chi connectivity index (χ2v) is 3.75. The van der Waals surface area contributed by atoms with Gasteiger partial charge in [-0.3, -0.25) is 4.79 Å². The molecule has 1 heterocycles. The molecule has 18 heavy (non-hydrogen) atoms. The molecule has 2 rings (SSSR count). The van der Waals surface area contributed by atoms with E-state index in [4.69, 9.17) is 9.15 Å². The van der Waals surface area contributed by atoms with Crippen LogP contribution in [0, 0.1) is 0 Å². The number of benzene rings is 1. The van der Waals surface area contributed by atoms with Gasteiger partial charge in [0.25, 0.3) is 5.91 Å². The van der Waals surface area contributed by atoms with Crippen LogP contribution in [-0.2, 0) is 0 Å². The molecule has 0 bridgehead atoms. The average Bonchev–Trinajstić information content (AvgIpc) is 2.93. The van der Waals surface area contributed by atoms with Gasteiger partial charge in [0.2, 0.25) is 0 Å². The third kappa shape index (κ3) is 3.66. The van der Waals surface area contributed by atoms with Crippen molar-refractivity contribution in [2.45, 2.75) is 6.42 Å². The summed E-state index contributed by atoms with van der Waals surface area (Å²) in [5.74, 6) is 0.980. The SMILES string of the molecule is O=C(NCCCOc1ccccc1)c1ccco1. The van der Waals surface area contributed by atoms with Gasteiger partial charge in [0.15, 0.2) is 5.76 Å². The molecule has 1 aromatic carbocycles. The molecule has 0 aliphatic rings. The van der Waals surface area contributed by atoms with Crippen LogP contribution in [0.4, 0.5) is 0 Å². The first-order chi connectivity index (χ1) is 8.86. The van der Waals surface area contributed by atoms with E-state index in [0.29, 0.717) is 18.9 Å². The highest BCUT2D eigenvalue weighted by molar-refractivity contribution is 5.91. The van der Waals surface area contributed by atoms with E-state index < -0.39 is 0 Å². The van der Waals surface area contributed by atoms with E-state index in [1.807, 2.05) is 30.3 Å². The van der Waals surface area contributed by atoms with Crippen LogP contribution < -0.4 is 10.1 Å². The maximum atomic E-state index is 11.5. The van der Waals surface area contributed by atoms with Crippen molar-refractivity contribution in [3.8, 4) is 5.75 Å². The van der Waals surface area contributed by atoms with Crippen LogP contribution in [0.3, 0.4) is 0 Å². The van der Waals surface area contributed by atoms with Gasteiger partial charge in [0.05, 0.1) is 12.9 Å². The normalized spacial score (nSPS) is 10.0. The van der Waals surface area contributed by atoms with Crippen molar-refractivity contribution < 1.29 is 13.9 Å². The van der Waals surface area contributed by atoms with Crippen molar-refractivity contribution in [1.82, 2.24) is 5.32 Å². The second kappa shape index (κ2) is 6.49. The summed E-state index contributed by atoms with van der Waals surface area (Å²) in [7, 11) is 0. The highest BCUT2D eigenvalue weighted by atomic mass is 16.5. The minimum absolute atomic E-state index is 0.195. The van der Waals surface area contributed by atoms with Crippen LogP contribution in [0.2, 0.25) is 0 Å². The third-order valence-electron chi connectivity index (χ3n) is 2.36. The molecule has 4 nitrogen and oxygen atoms in total. The van der Waals surface area contributed by atoms with Crippen LogP contribution in [0.25, 0.3) is 0 Å². The summed E-state index contributed by atoms with van der Waals surface area (Å²) in [4.78, 5) is 11.5. The van der Waals surface area contributed by atoms with Crippen LogP contribution in [-0.4, -0.2) is 19.1 Å². The van der Waals surface area contributed by atoms with Crippen molar-refractivity contribution in [1.29, 1.82) is 0 Å². The lowest BCUT2D eigenvalue weighted by molar-refractivity contribution is 0.0924. The smallest absolute Gasteiger partial charge is 0.286 e. The number of rotatable bonds is 6. The lowest BCUT2D eigenvalue weighted by Gasteiger charge is -2.06. The molecule has 0 radical (unpaired) electrons. The molecule has 0 aliphatic heterocycles. The number of amides is 1. The van der Waals surface area contributed by atoms with E-state index in [9.17, 15) is 4.79 Å². The summed E-state index contributed by atoms with van der Waals surface area (Å²) in [6.07, 6.45) is 2.23. The summed E-state index contributed by atoms with van der Waals surface area (Å²) in [5.41, 5.74) is 0. The van der Waals surface area contributed by atoms with Gasteiger partial charge >= 0.3 is 0 Å². The van der Waals surface area contributed by atoms with Gasteiger partial charge in [-0.1, -0.05) is 18.2 Å². The Morgan fingerprint density at radius 2 is 2.00 bits per heavy atom. The maximum Gasteiger partial charge on any atom is 0.286 e. The number of nitrogens with one attached hydrogen (secondary N) is 1. The van der Waals surface area contributed by atoms with E-state index in [0.717, 1.165) is 12.2 Å². The van der Waals surface area contributed by atoms with E-state index in [2.05, 4.69) is 5.32 Å². The molecule has 0 unspecified atom stereocenters. The number of hydrogen-bond donors (Lipinski definition) is 1. The van der Waals surface area contributed by atoms with Crippen LogP contribution >= 0.6 is 0 Å². The Bertz CT molecular complexity index is 465. The summed E-state index contributed by atoms with van der Waals surface area (Å²) < 4.78 is 10.5. The number of ether oxygens (including phenoxy) is 1. The molecule has 4 heteroatoms. The molecule has 0 atom stereocenters. The van der Waals surface area contributed by atoms with Gasteiger partial charge in [0, 0.05) is 6.54 Å². The van der Waals surface area contributed by atoms with Gasteiger partial charge in [0.1, 0.15) is 5.75 Å². The highest BCUT2D eigenvalue weighted by Gasteiger charge is 2.06. The molecule has 94 valence electrons. The number of carbonyl (C=O) groups is 1. The predicted molar refractivity (Wildman–Crippen MR) is 67.6 cm³/mol. The molecule has 1 aromatic heterocycles. The Kier molecular flexibility index (Phi) is 4.41. The first-order valence-electron chi connectivity index (χ1n) is 5.86. The zero-order valence-electron chi connectivity index (χ0n) is 9.96. The fraction of sp³-hybridized carbons (Fsp3) is 0.214. The van der Waals surface area contributed by atoms with E-state index in [1.165, 1.54) is 6.26 Å². The monoisotopic (exact) mass is 245 g/mol. The molecule has 1 N–H and O–H groups in total. The Balaban J connectivity index is 1.61. The number of furan rings is 1. The topological polar surface area (TPSA) is 51.5 Å². The minimum Gasteiger partial charge on any atom is -0.494 e. The largest absolute Gasteiger partial charge is 0.494 e. The molecule has 0 saturated heterocycles. The molecule has 0 spiro atoms. The highest BCUT2D eigenvalue weighted by Crippen LogP contribution is 2.08. The molecule has 0 saturated carbocycles. The number of hydrogen-bond acceptors (Lipinski definition) is 3. The zero-order chi connectivity index (χ0) is 12.6. The van der Waals surface area contributed by atoms with E-state index in [1.54, 1.807) is 12.1 Å². The summed E-state index contributed by atoms with van der Waals surface area (Å²) in [6, 6.07) is 12.9. The van der Waals surface area contributed by atoms with Crippen LogP contribution in [0.1, 0.15) is 17.0 Å². The third-order valence-corrected chi connectivity index (χ3v) is 2.36. The standard InChI is InChI=1S/C14H15NO3/c16-14(13-8-4-10-18-13)15-9-5-11-17-12-6-2-1-3-7-12/h1-4,6-8,10H,5,9,11H2,(H,15,16). The number of para-hydroxylation sites is 1. The number of carbonyl (C=O) groups excluding carboxylic acids is 1. The lowest BCUT2D eigenvalue weighted by atomic mass is 10.3. The summed E-state index contributed by atoms with van der Waals surface area (Å²) in [5, 5.41) is 2.76. The van der Waals surface area contributed by atoms with Gasteiger partial charge in [-0.05, 0) is 30.7 Å². The van der Waals surface area contributed by atoms with E-state index in [-0.39, 0.29) is 5.91 Å². The molecular formula is C14H15NO3. The Morgan fingerprint density at radius 1 is 1.17 bits per heavy atom. The molecular weight excluding hydrogens is 230 g/mol. The quantitative estimate of drug-likeness (QED) is 0.795. The average molecular weight is 245 g/mol. The fourth-order valence-electron chi connectivity index (χ4n) is 1.48. The van der Waals surface area contributed by atoms with Crippen LogP contribution in [0.5, 0.6) is 5.75 Å². The van der Waals surface area contributed by atoms with Crippen molar-refractivity contribution >= 4 is 5.91 Å². The van der Waals surface area contributed by atoms with E-state index >= 15 is 0 Å². The Labute approximate surface area is 106 Å². The molecule has 2 aromatic rings. The molecule has 0 aliphatic carbocycles. The maximum absolute atomic E-state index is 11.5. The van der Waals surface area contributed by atoms with Gasteiger partial charge in [-0.15, -0.1) is 0 Å². The lowest BCUT2D eigenvalue weighted by Crippen LogP contribution is -2.25. The zero-order valence-corrected chi connectivity index (χ0v) is 9.96. The Hall–Kier alpha value is -2.23. The first-order valence-corrected chi connectivity index (χ1v) is 5.86. The van der Waals surface area contributed by atoms with Crippen molar-refractivity contribution in [3.05, 3.63) is 54.5 Å².